The summed E-state index contributed by atoms with van der Waals surface area (Å²) in [5, 5.41) is 6.49. The second kappa shape index (κ2) is 4.74. The number of hydrogen-bond donors (Lipinski definition) is 2. The van der Waals surface area contributed by atoms with Crippen LogP contribution in [0.25, 0.3) is 0 Å². The third-order valence-corrected chi connectivity index (χ3v) is 3.93. The lowest BCUT2D eigenvalue weighted by Crippen LogP contribution is -2.52. The molecule has 92 valence electrons. The topological polar surface area (TPSA) is 41.1 Å². The summed E-state index contributed by atoms with van der Waals surface area (Å²) in [6.45, 7) is 5.52. The quantitative estimate of drug-likeness (QED) is 0.751. The van der Waals surface area contributed by atoms with Gasteiger partial charge >= 0.3 is 0 Å². The van der Waals surface area contributed by atoms with E-state index in [1.54, 1.807) is 0 Å². The van der Waals surface area contributed by atoms with E-state index in [4.69, 9.17) is 0 Å². The third-order valence-electron chi connectivity index (χ3n) is 3.93. The molecule has 0 aromatic heterocycles. The first-order chi connectivity index (χ1) is 7.57. The van der Waals surface area contributed by atoms with Crippen molar-refractivity contribution in [2.24, 2.45) is 5.41 Å². The van der Waals surface area contributed by atoms with Crippen LogP contribution in [0.1, 0.15) is 52.4 Å². The summed E-state index contributed by atoms with van der Waals surface area (Å²) in [5.74, 6) is 0.203. The van der Waals surface area contributed by atoms with Crippen molar-refractivity contribution in [3.8, 4) is 0 Å². The highest BCUT2D eigenvalue weighted by Gasteiger charge is 2.31. The van der Waals surface area contributed by atoms with Gasteiger partial charge in [0.05, 0.1) is 6.04 Å². The Labute approximate surface area is 98.4 Å². The van der Waals surface area contributed by atoms with E-state index in [9.17, 15) is 4.79 Å². The molecule has 1 amide bonds. The van der Waals surface area contributed by atoms with Crippen LogP contribution in [0.4, 0.5) is 0 Å². The molecular weight excluding hydrogens is 200 g/mol. The van der Waals surface area contributed by atoms with Gasteiger partial charge in [0.25, 0.3) is 0 Å². The molecule has 0 radical (unpaired) electrons. The predicted molar refractivity (Wildman–Crippen MR) is 65.2 cm³/mol. The molecule has 1 saturated carbocycles. The van der Waals surface area contributed by atoms with Crippen LogP contribution < -0.4 is 10.6 Å². The monoisotopic (exact) mass is 224 g/mol. The Kier molecular flexibility index (Phi) is 3.53. The Morgan fingerprint density at radius 1 is 1.31 bits per heavy atom. The lowest BCUT2D eigenvalue weighted by atomic mass is 9.75. The molecule has 2 N–H and O–H groups in total. The van der Waals surface area contributed by atoms with Crippen molar-refractivity contribution < 1.29 is 4.79 Å². The number of amides is 1. The van der Waals surface area contributed by atoms with Crippen LogP contribution in [0.2, 0.25) is 0 Å². The van der Waals surface area contributed by atoms with E-state index in [1.165, 1.54) is 25.7 Å². The van der Waals surface area contributed by atoms with Gasteiger partial charge in [-0.25, -0.2) is 0 Å². The maximum absolute atomic E-state index is 11.7. The molecule has 2 aliphatic rings. The summed E-state index contributed by atoms with van der Waals surface area (Å²) in [6, 6.07) is 0.602. The van der Waals surface area contributed by atoms with Gasteiger partial charge in [0.1, 0.15) is 0 Å². The summed E-state index contributed by atoms with van der Waals surface area (Å²) in [5.41, 5.74) is 0.445. The zero-order valence-electron chi connectivity index (χ0n) is 10.5. The van der Waals surface area contributed by atoms with E-state index < -0.39 is 0 Å². The second-order valence-corrected chi connectivity index (χ2v) is 6.11. The van der Waals surface area contributed by atoms with E-state index in [0.717, 1.165) is 19.4 Å². The fourth-order valence-corrected chi connectivity index (χ4v) is 3.06. The van der Waals surface area contributed by atoms with E-state index in [1.807, 2.05) is 0 Å². The Balaban J connectivity index is 1.86. The molecule has 3 heteroatoms. The number of rotatable bonds is 2. The predicted octanol–water partition coefficient (Wildman–Crippen LogP) is 1.82. The van der Waals surface area contributed by atoms with Gasteiger partial charge in [-0.15, -0.1) is 0 Å². The van der Waals surface area contributed by atoms with Crippen LogP contribution in [0.15, 0.2) is 0 Å². The summed E-state index contributed by atoms with van der Waals surface area (Å²) in [4.78, 5) is 11.7. The van der Waals surface area contributed by atoms with Gasteiger partial charge in [-0.1, -0.05) is 20.3 Å². The molecule has 3 nitrogen and oxygen atoms in total. The van der Waals surface area contributed by atoms with E-state index in [2.05, 4.69) is 24.5 Å². The molecule has 1 aliphatic heterocycles. The molecule has 2 atom stereocenters. The number of hydrogen-bond acceptors (Lipinski definition) is 2. The SMILES string of the molecule is CC1(C)CCCC(NC2CCCNC2=O)C1. The van der Waals surface area contributed by atoms with Crippen LogP contribution >= 0.6 is 0 Å². The van der Waals surface area contributed by atoms with Gasteiger partial charge in [-0.2, -0.15) is 0 Å². The fourth-order valence-electron chi connectivity index (χ4n) is 3.06. The van der Waals surface area contributed by atoms with E-state index >= 15 is 0 Å². The third kappa shape index (κ3) is 2.97. The Bertz CT molecular complexity index is 263. The molecule has 16 heavy (non-hydrogen) atoms. The molecular formula is C13H24N2O. The fraction of sp³-hybridized carbons (Fsp3) is 0.923. The van der Waals surface area contributed by atoms with Crippen LogP contribution in [0, 0.1) is 5.41 Å². The van der Waals surface area contributed by atoms with Crippen LogP contribution in [0.5, 0.6) is 0 Å². The van der Waals surface area contributed by atoms with Gasteiger partial charge in [-0.05, 0) is 37.5 Å². The minimum absolute atomic E-state index is 0.0626. The van der Waals surface area contributed by atoms with Gasteiger partial charge in [0.2, 0.25) is 5.91 Å². The van der Waals surface area contributed by atoms with Crippen molar-refractivity contribution >= 4 is 5.91 Å². The molecule has 2 unspecified atom stereocenters. The Hall–Kier alpha value is -0.570. The Morgan fingerprint density at radius 3 is 2.81 bits per heavy atom. The standard InChI is InChI=1S/C13H24N2O/c1-13(2)7-3-5-10(9-13)15-11-6-4-8-14-12(11)16/h10-11,15H,3-9H2,1-2H3,(H,14,16). The average Bonchev–Trinajstić information content (AvgIpc) is 2.20. The first-order valence-corrected chi connectivity index (χ1v) is 6.61. The van der Waals surface area contributed by atoms with E-state index in [-0.39, 0.29) is 11.9 Å². The molecule has 1 aliphatic carbocycles. The molecule has 1 saturated heterocycles. The van der Waals surface area contributed by atoms with Gasteiger partial charge < -0.3 is 10.6 Å². The zero-order valence-corrected chi connectivity index (χ0v) is 10.5. The van der Waals surface area contributed by atoms with Crippen molar-refractivity contribution in [1.82, 2.24) is 10.6 Å². The summed E-state index contributed by atoms with van der Waals surface area (Å²) >= 11 is 0. The van der Waals surface area contributed by atoms with E-state index in [0.29, 0.717) is 11.5 Å². The molecule has 0 aromatic carbocycles. The van der Waals surface area contributed by atoms with Crippen molar-refractivity contribution in [1.29, 1.82) is 0 Å². The second-order valence-electron chi connectivity index (χ2n) is 6.11. The Morgan fingerprint density at radius 2 is 2.12 bits per heavy atom. The molecule has 2 rings (SSSR count). The molecule has 1 heterocycles. The van der Waals surface area contributed by atoms with Crippen LogP contribution in [-0.4, -0.2) is 24.5 Å². The van der Waals surface area contributed by atoms with Crippen molar-refractivity contribution in [2.75, 3.05) is 6.54 Å². The smallest absolute Gasteiger partial charge is 0.237 e. The maximum atomic E-state index is 11.7. The highest BCUT2D eigenvalue weighted by atomic mass is 16.2. The normalized spacial score (nSPS) is 34.5. The van der Waals surface area contributed by atoms with Crippen molar-refractivity contribution in [3.63, 3.8) is 0 Å². The molecule has 0 aromatic rings. The first kappa shape index (κ1) is 11.9. The zero-order chi connectivity index (χ0) is 11.6. The summed E-state index contributed by atoms with van der Waals surface area (Å²) in [7, 11) is 0. The highest BCUT2D eigenvalue weighted by Crippen LogP contribution is 2.35. The largest absolute Gasteiger partial charge is 0.355 e. The lowest BCUT2D eigenvalue weighted by Gasteiger charge is -2.38. The number of piperidine rings is 1. The minimum Gasteiger partial charge on any atom is -0.355 e. The molecule has 0 spiro atoms. The number of carbonyl (C=O) groups is 1. The minimum atomic E-state index is 0.0626. The molecule has 2 fully saturated rings. The first-order valence-electron chi connectivity index (χ1n) is 6.61. The van der Waals surface area contributed by atoms with Crippen LogP contribution in [-0.2, 0) is 4.79 Å². The summed E-state index contributed by atoms with van der Waals surface area (Å²) in [6.07, 6.45) is 7.16. The number of carbonyl (C=O) groups excluding carboxylic acids is 1. The van der Waals surface area contributed by atoms with Gasteiger partial charge in [-0.3, -0.25) is 4.79 Å². The number of nitrogens with one attached hydrogen (secondary N) is 2. The van der Waals surface area contributed by atoms with Crippen molar-refractivity contribution in [3.05, 3.63) is 0 Å². The van der Waals surface area contributed by atoms with Gasteiger partial charge in [0.15, 0.2) is 0 Å². The highest BCUT2D eigenvalue weighted by molar-refractivity contribution is 5.82. The average molecular weight is 224 g/mol. The molecule has 0 bridgehead atoms. The summed E-state index contributed by atoms with van der Waals surface area (Å²) < 4.78 is 0. The lowest BCUT2D eigenvalue weighted by molar-refractivity contribution is -0.124. The maximum Gasteiger partial charge on any atom is 0.237 e. The van der Waals surface area contributed by atoms with Crippen LogP contribution in [0.3, 0.4) is 0 Å². The van der Waals surface area contributed by atoms with Gasteiger partial charge in [0, 0.05) is 12.6 Å². The van der Waals surface area contributed by atoms with Crippen molar-refractivity contribution in [2.45, 2.75) is 64.5 Å².